The number of carbonyl (C=O) groups excluding carboxylic acids is 1. The van der Waals surface area contributed by atoms with Crippen LogP contribution in [0.25, 0.3) is 0 Å². The number of amides is 1. The van der Waals surface area contributed by atoms with Crippen LogP contribution in [0.15, 0.2) is 6.20 Å². The summed E-state index contributed by atoms with van der Waals surface area (Å²) in [6.07, 6.45) is 7.74. The SMILES string of the molecule is Cn1cc(N)c(C(=O)N2CCCC3CCCC32)n1. The normalized spacial score (nSPS) is 27.3. The molecule has 0 radical (unpaired) electrons. The van der Waals surface area contributed by atoms with Crippen molar-refractivity contribution in [3.8, 4) is 0 Å². The fraction of sp³-hybridized carbons (Fsp3) is 0.692. The first-order chi connectivity index (χ1) is 8.66. The number of nitrogens with zero attached hydrogens (tertiary/aromatic N) is 3. The number of carbonyl (C=O) groups is 1. The second kappa shape index (κ2) is 4.30. The molecule has 3 rings (SSSR count). The molecule has 1 aliphatic heterocycles. The lowest BCUT2D eigenvalue weighted by molar-refractivity contribution is 0.0542. The average molecular weight is 248 g/mol. The molecule has 1 saturated heterocycles. The standard InChI is InChI=1S/C13H20N4O/c1-16-8-10(14)12(15-16)13(18)17-7-3-5-9-4-2-6-11(9)17/h8-9,11H,2-7,14H2,1H3. The smallest absolute Gasteiger partial charge is 0.276 e. The van der Waals surface area contributed by atoms with Gasteiger partial charge in [0.1, 0.15) is 0 Å². The first kappa shape index (κ1) is 11.6. The maximum absolute atomic E-state index is 12.5. The zero-order chi connectivity index (χ0) is 12.7. The van der Waals surface area contributed by atoms with Gasteiger partial charge in [-0.3, -0.25) is 9.48 Å². The zero-order valence-corrected chi connectivity index (χ0v) is 10.8. The highest BCUT2D eigenvalue weighted by Crippen LogP contribution is 2.37. The highest BCUT2D eigenvalue weighted by molar-refractivity contribution is 5.97. The van der Waals surface area contributed by atoms with E-state index in [9.17, 15) is 4.79 Å². The van der Waals surface area contributed by atoms with Gasteiger partial charge in [0, 0.05) is 25.8 Å². The Morgan fingerprint density at radius 3 is 2.89 bits per heavy atom. The number of aryl methyl sites for hydroxylation is 1. The third-order valence-electron chi connectivity index (χ3n) is 4.31. The lowest BCUT2D eigenvalue weighted by atomic mass is 9.91. The predicted molar refractivity (Wildman–Crippen MR) is 69.0 cm³/mol. The quantitative estimate of drug-likeness (QED) is 0.817. The lowest BCUT2D eigenvalue weighted by Gasteiger charge is -2.37. The van der Waals surface area contributed by atoms with Crippen LogP contribution in [-0.4, -0.2) is 33.2 Å². The summed E-state index contributed by atoms with van der Waals surface area (Å²) in [4.78, 5) is 14.6. The Hall–Kier alpha value is -1.52. The van der Waals surface area contributed by atoms with Crippen LogP contribution in [0.5, 0.6) is 0 Å². The Kier molecular flexibility index (Phi) is 2.76. The topological polar surface area (TPSA) is 64.2 Å². The molecule has 2 N–H and O–H groups in total. The number of fused-ring (bicyclic) bond motifs is 1. The Morgan fingerprint density at radius 1 is 1.39 bits per heavy atom. The van der Waals surface area contributed by atoms with E-state index in [4.69, 9.17) is 5.73 Å². The summed E-state index contributed by atoms with van der Waals surface area (Å²) in [5.74, 6) is 0.720. The van der Waals surface area contributed by atoms with Gasteiger partial charge in [-0.1, -0.05) is 6.42 Å². The number of hydrogen-bond donors (Lipinski definition) is 1. The largest absolute Gasteiger partial charge is 0.396 e. The zero-order valence-electron chi connectivity index (χ0n) is 10.8. The summed E-state index contributed by atoms with van der Waals surface area (Å²) in [7, 11) is 1.79. The maximum Gasteiger partial charge on any atom is 0.276 e. The summed E-state index contributed by atoms with van der Waals surface area (Å²) in [5, 5.41) is 4.20. The number of rotatable bonds is 1. The molecule has 0 bridgehead atoms. The summed E-state index contributed by atoms with van der Waals surface area (Å²) < 4.78 is 1.61. The summed E-state index contributed by atoms with van der Waals surface area (Å²) in [6, 6.07) is 0.424. The van der Waals surface area contributed by atoms with Crippen molar-refractivity contribution < 1.29 is 4.79 Å². The first-order valence-electron chi connectivity index (χ1n) is 6.77. The summed E-state index contributed by atoms with van der Waals surface area (Å²) >= 11 is 0. The van der Waals surface area contributed by atoms with Crippen LogP contribution in [0.1, 0.15) is 42.6 Å². The molecule has 1 amide bonds. The van der Waals surface area contributed by atoms with Crippen LogP contribution in [-0.2, 0) is 7.05 Å². The van der Waals surface area contributed by atoms with Crippen molar-refractivity contribution in [3.05, 3.63) is 11.9 Å². The molecule has 98 valence electrons. The molecule has 18 heavy (non-hydrogen) atoms. The fourth-order valence-electron chi connectivity index (χ4n) is 3.52. The second-order valence-corrected chi connectivity index (χ2v) is 5.51. The number of nitrogens with two attached hydrogens (primary N) is 1. The first-order valence-corrected chi connectivity index (χ1v) is 6.77. The van der Waals surface area contributed by atoms with E-state index in [0.717, 1.165) is 19.4 Å². The van der Waals surface area contributed by atoms with Crippen LogP contribution < -0.4 is 5.73 Å². The molecular weight excluding hydrogens is 228 g/mol. The molecule has 5 heteroatoms. The number of hydrogen-bond acceptors (Lipinski definition) is 3. The van der Waals surface area contributed by atoms with Crippen LogP contribution in [0.4, 0.5) is 5.69 Å². The number of aromatic nitrogens is 2. The van der Waals surface area contributed by atoms with E-state index in [1.54, 1.807) is 17.9 Å². The van der Waals surface area contributed by atoms with Gasteiger partial charge in [-0.2, -0.15) is 5.10 Å². The molecule has 2 fully saturated rings. The van der Waals surface area contributed by atoms with E-state index in [2.05, 4.69) is 5.10 Å². The van der Waals surface area contributed by atoms with Crippen molar-refractivity contribution in [1.82, 2.24) is 14.7 Å². The van der Waals surface area contributed by atoms with Gasteiger partial charge >= 0.3 is 0 Å². The molecule has 0 aromatic carbocycles. The van der Waals surface area contributed by atoms with E-state index < -0.39 is 0 Å². The minimum Gasteiger partial charge on any atom is -0.396 e. The van der Waals surface area contributed by atoms with Gasteiger partial charge in [0.15, 0.2) is 5.69 Å². The van der Waals surface area contributed by atoms with E-state index in [1.165, 1.54) is 19.3 Å². The Bertz CT molecular complexity index is 468. The van der Waals surface area contributed by atoms with Crippen molar-refractivity contribution in [2.24, 2.45) is 13.0 Å². The van der Waals surface area contributed by atoms with E-state index >= 15 is 0 Å². The number of likely N-dealkylation sites (tertiary alicyclic amines) is 1. The third-order valence-corrected chi connectivity index (χ3v) is 4.31. The van der Waals surface area contributed by atoms with Crippen LogP contribution in [0.3, 0.4) is 0 Å². The molecule has 5 nitrogen and oxygen atoms in total. The molecular formula is C13H20N4O. The third kappa shape index (κ3) is 1.78. The molecule has 1 aliphatic carbocycles. The molecule has 2 heterocycles. The Labute approximate surface area is 107 Å². The molecule has 2 aliphatic rings. The predicted octanol–water partition coefficient (Wildman–Crippen LogP) is 1.41. The number of piperidine rings is 1. The minimum atomic E-state index is 0.0182. The maximum atomic E-state index is 12.5. The van der Waals surface area contributed by atoms with Crippen LogP contribution in [0, 0.1) is 5.92 Å². The highest BCUT2D eigenvalue weighted by atomic mass is 16.2. The fourth-order valence-corrected chi connectivity index (χ4v) is 3.52. The molecule has 0 spiro atoms. The number of anilines is 1. The van der Waals surface area contributed by atoms with E-state index in [-0.39, 0.29) is 5.91 Å². The molecule has 1 saturated carbocycles. The molecule has 1 aromatic rings. The number of nitrogen functional groups attached to an aromatic ring is 1. The van der Waals surface area contributed by atoms with Crippen LogP contribution >= 0.6 is 0 Å². The lowest BCUT2D eigenvalue weighted by Crippen LogP contribution is -2.46. The molecule has 2 atom stereocenters. The molecule has 2 unspecified atom stereocenters. The monoisotopic (exact) mass is 248 g/mol. The van der Waals surface area contributed by atoms with Crippen molar-refractivity contribution in [3.63, 3.8) is 0 Å². The second-order valence-electron chi connectivity index (χ2n) is 5.51. The highest BCUT2D eigenvalue weighted by Gasteiger charge is 2.38. The van der Waals surface area contributed by atoms with E-state index in [0.29, 0.717) is 23.3 Å². The van der Waals surface area contributed by atoms with Gasteiger partial charge in [0.05, 0.1) is 5.69 Å². The van der Waals surface area contributed by atoms with Gasteiger partial charge in [0.2, 0.25) is 0 Å². The minimum absolute atomic E-state index is 0.0182. The van der Waals surface area contributed by atoms with Gasteiger partial charge in [-0.05, 0) is 31.6 Å². The van der Waals surface area contributed by atoms with Gasteiger partial charge < -0.3 is 10.6 Å². The Balaban J connectivity index is 1.85. The van der Waals surface area contributed by atoms with Gasteiger partial charge in [-0.25, -0.2) is 0 Å². The average Bonchev–Trinajstić information content (AvgIpc) is 2.94. The van der Waals surface area contributed by atoms with Gasteiger partial charge in [-0.15, -0.1) is 0 Å². The molecule has 1 aromatic heterocycles. The van der Waals surface area contributed by atoms with Crippen molar-refractivity contribution in [2.75, 3.05) is 12.3 Å². The van der Waals surface area contributed by atoms with Crippen molar-refractivity contribution >= 4 is 11.6 Å². The Morgan fingerprint density at radius 2 is 2.17 bits per heavy atom. The van der Waals surface area contributed by atoms with Crippen LogP contribution in [0.2, 0.25) is 0 Å². The summed E-state index contributed by atoms with van der Waals surface area (Å²) in [6.45, 7) is 0.857. The van der Waals surface area contributed by atoms with E-state index in [1.807, 2.05) is 4.90 Å². The van der Waals surface area contributed by atoms with Gasteiger partial charge in [0.25, 0.3) is 5.91 Å². The summed E-state index contributed by atoms with van der Waals surface area (Å²) in [5.41, 5.74) is 6.77. The van der Waals surface area contributed by atoms with Crippen molar-refractivity contribution in [1.29, 1.82) is 0 Å². The van der Waals surface area contributed by atoms with Crippen molar-refractivity contribution in [2.45, 2.75) is 38.1 Å².